The molecule has 0 fully saturated rings. The number of hydrogen-bond acceptors (Lipinski definition) is 4. The SMILES string of the molecule is CC(C)c1nc(CO)n(Cc2cccnc2)c1Sc1cccc(Cl)c1. The molecule has 2 heterocycles. The highest BCUT2D eigenvalue weighted by molar-refractivity contribution is 7.99. The van der Waals surface area contributed by atoms with Crippen molar-refractivity contribution in [2.24, 2.45) is 0 Å². The van der Waals surface area contributed by atoms with Crippen molar-refractivity contribution < 1.29 is 5.11 Å². The molecule has 0 spiro atoms. The molecule has 1 aromatic carbocycles. The Balaban J connectivity index is 2.05. The summed E-state index contributed by atoms with van der Waals surface area (Å²) in [6.45, 7) is 4.74. The van der Waals surface area contributed by atoms with E-state index in [0.29, 0.717) is 17.4 Å². The van der Waals surface area contributed by atoms with Gasteiger partial charge in [-0.1, -0.05) is 49.3 Å². The molecule has 0 amide bonds. The minimum atomic E-state index is -0.101. The van der Waals surface area contributed by atoms with E-state index >= 15 is 0 Å². The smallest absolute Gasteiger partial charge is 0.136 e. The van der Waals surface area contributed by atoms with Gasteiger partial charge in [-0.25, -0.2) is 4.98 Å². The van der Waals surface area contributed by atoms with Crippen molar-refractivity contribution in [2.75, 3.05) is 0 Å². The van der Waals surface area contributed by atoms with Crippen molar-refractivity contribution in [1.82, 2.24) is 14.5 Å². The first kappa shape index (κ1) is 18.0. The number of halogens is 1. The van der Waals surface area contributed by atoms with Crippen LogP contribution in [0.25, 0.3) is 0 Å². The molecule has 0 saturated carbocycles. The summed E-state index contributed by atoms with van der Waals surface area (Å²) in [7, 11) is 0. The number of hydrogen-bond donors (Lipinski definition) is 1. The van der Waals surface area contributed by atoms with Gasteiger partial charge in [-0.15, -0.1) is 0 Å². The molecule has 130 valence electrons. The van der Waals surface area contributed by atoms with E-state index in [2.05, 4.69) is 28.4 Å². The van der Waals surface area contributed by atoms with E-state index in [-0.39, 0.29) is 12.5 Å². The van der Waals surface area contributed by atoms with E-state index < -0.39 is 0 Å². The number of rotatable bonds is 6. The van der Waals surface area contributed by atoms with Crippen LogP contribution in [0.15, 0.2) is 58.7 Å². The van der Waals surface area contributed by atoms with Gasteiger partial charge in [0.2, 0.25) is 0 Å². The Kier molecular flexibility index (Phi) is 5.78. The van der Waals surface area contributed by atoms with Gasteiger partial charge in [0.25, 0.3) is 0 Å². The fourth-order valence-corrected chi connectivity index (χ4v) is 4.06. The van der Waals surface area contributed by atoms with Crippen LogP contribution in [0.5, 0.6) is 0 Å². The highest BCUT2D eigenvalue weighted by atomic mass is 35.5. The van der Waals surface area contributed by atoms with E-state index in [1.54, 1.807) is 18.0 Å². The first-order valence-electron chi connectivity index (χ1n) is 8.11. The molecule has 0 saturated heterocycles. The fourth-order valence-electron chi connectivity index (χ4n) is 2.59. The minimum absolute atomic E-state index is 0.101. The molecule has 3 rings (SSSR count). The first-order valence-corrected chi connectivity index (χ1v) is 9.30. The van der Waals surface area contributed by atoms with Gasteiger partial charge >= 0.3 is 0 Å². The molecule has 1 N–H and O–H groups in total. The fraction of sp³-hybridized carbons (Fsp3) is 0.263. The van der Waals surface area contributed by atoms with Crippen LogP contribution in [0.4, 0.5) is 0 Å². The summed E-state index contributed by atoms with van der Waals surface area (Å²) in [5, 5.41) is 11.5. The summed E-state index contributed by atoms with van der Waals surface area (Å²) < 4.78 is 2.07. The molecule has 0 aliphatic rings. The first-order chi connectivity index (χ1) is 12.1. The van der Waals surface area contributed by atoms with Crippen molar-refractivity contribution in [1.29, 1.82) is 0 Å². The Morgan fingerprint density at radius 2 is 2.08 bits per heavy atom. The minimum Gasteiger partial charge on any atom is -0.388 e. The quantitative estimate of drug-likeness (QED) is 0.677. The number of imidazole rings is 1. The van der Waals surface area contributed by atoms with Gasteiger partial charge < -0.3 is 9.67 Å². The summed E-state index contributed by atoms with van der Waals surface area (Å²) in [6.07, 6.45) is 3.59. The van der Waals surface area contributed by atoms with Gasteiger partial charge in [0.15, 0.2) is 0 Å². The third-order valence-corrected chi connectivity index (χ3v) is 5.14. The lowest BCUT2D eigenvalue weighted by Crippen LogP contribution is -2.07. The van der Waals surface area contributed by atoms with Crippen LogP contribution >= 0.6 is 23.4 Å². The predicted octanol–water partition coefficient (Wildman–Crippen LogP) is 4.75. The standard InChI is InChI=1S/C19H20ClN3OS/c1-13(2)18-19(25-16-7-3-6-15(20)9-16)23(17(12-24)22-18)11-14-5-4-8-21-10-14/h3-10,13,24H,11-12H2,1-2H3. The van der Waals surface area contributed by atoms with Crippen molar-refractivity contribution in [3.8, 4) is 0 Å². The second-order valence-corrected chi connectivity index (χ2v) is 7.54. The van der Waals surface area contributed by atoms with Gasteiger partial charge in [0.1, 0.15) is 17.5 Å². The predicted molar refractivity (Wildman–Crippen MR) is 101 cm³/mol. The lowest BCUT2D eigenvalue weighted by atomic mass is 10.1. The molecule has 0 atom stereocenters. The maximum Gasteiger partial charge on any atom is 0.136 e. The van der Waals surface area contributed by atoms with E-state index in [9.17, 15) is 5.11 Å². The molecule has 0 unspecified atom stereocenters. The van der Waals surface area contributed by atoms with Crippen molar-refractivity contribution >= 4 is 23.4 Å². The molecule has 6 heteroatoms. The van der Waals surface area contributed by atoms with Crippen LogP contribution in [0, 0.1) is 0 Å². The Bertz CT molecular complexity index is 849. The number of aliphatic hydroxyl groups excluding tert-OH is 1. The Labute approximate surface area is 156 Å². The maximum atomic E-state index is 9.80. The topological polar surface area (TPSA) is 50.9 Å². The number of pyridine rings is 1. The zero-order valence-electron chi connectivity index (χ0n) is 14.2. The number of aliphatic hydroxyl groups is 1. The number of benzene rings is 1. The molecule has 3 aromatic rings. The average molecular weight is 374 g/mol. The molecule has 0 aliphatic heterocycles. The Hall–Kier alpha value is -1.82. The molecule has 2 aromatic heterocycles. The Morgan fingerprint density at radius 3 is 2.72 bits per heavy atom. The van der Waals surface area contributed by atoms with E-state index in [4.69, 9.17) is 11.6 Å². The van der Waals surface area contributed by atoms with Gasteiger partial charge in [-0.2, -0.15) is 0 Å². The van der Waals surface area contributed by atoms with Crippen molar-refractivity contribution in [3.05, 3.63) is 70.9 Å². The van der Waals surface area contributed by atoms with Crippen molar-refractivity contribution in [2.45, 2.75) is 42.8 Å². The molecule has 0 radical (unpaired) electrons. The lowest BCUT2D eigenvalue weighted by molar-refractivity contribution is 0.265. The van der Waals surface area contributed by atoms with Crippen LogP contribution in [0.1, 0.15) is 36.8 Å². The average Bonchev–Trinajstić information content (AvgIpc) is 2.94. The highest BCUT2D eigenvalue weighted by Crippen LogP contribution is 2.36. The van der Waals surface area contributed by atoms with E-state index in [1.165, 1.54) is 0 Å². The van der Waals surface area contributed by atoms with Crippen LogP contribution in [0.2, 0.25) is 5.02 Å². The van der Waals surface area contributed by atoms with Gasteiger partial charge in [0, 0.05) is 22.3 Å². The molecule has 25 heavy (non-hydrogen) atoms. The Morgan fingerprint density at radius 1 is 1.24 bits per heavy atom. The second kappa shape index (κ2) is 8.04. The summed E-state index contributed by atoms with van der Waals surface area (Å²) in [6, 6.07) is 11.7. The summed E-state index contributed by atoms with van der Waals surface area (Å²) in [5.41, 5.74) is 2.05. The summed E-state index contributed by atoms with van der Waals surface area (Å²) in [4.78, 5) is 9.91. The molecular weight excluding hydrogens is 354 g/mol. The molecule has 0 aliphatic carbocycles. The third kappa shape index (κ3) is 4.24. The normalized spacial score (nSPS) is 11.2. The van der Waals surface area contributed by atoms with Crippen LogP contribution in [-0.4, -0.2) is 19.6 Å². The third-order valence-electron chi connectivity index (χ3n) is 3.79. The summed E-state index contributed by atoms with van der Waals surface area (Å²) in [5.74, 6) is 0.916. The lowest BCUT2D eigenvalue weighted by Gasteiger charge is -2.13. The van der Waals surface area contributed by atoms with E-state index in [0.717, 1.165) is 21.2 Å². The monoisotopic (exact) mass is 373 g/mol. The van der Waals surface area contributed by atoms with Crippen LogP contribution in [-0.2, 0) is 13.2 Å². The van der Waals surface area contributed by atoms with E-state index in [1.807, 2.05) is 42.6 Å². The maximum absolute atomic E-state index is 9.80. The van der Waals surface area contributed by atoms with Gasteiger partial charge in [0.05, 0.1) is 12.2 Å². The largest absolute Gasteiger partial charge is 0.388 e. The van der Waals surface area contributed by atoms with Gasteiger partial charge in [-0.3, -0.25) is 4.98 Å². The second-order valence-electron chi connectivity index (χ2n) is 6.04. The van der Waals surface area contributed by atoms with Crippen LogP contribution < -0.4 is 0 Å². The summed E-state index contributed by atoms with van der Waals surface area (Å²) >= 11 is 7.75. The zero-order valence-corrected chi connectivity index (χ0v) is 15.8. The van der Waals surface area contributed by atoms with Gasteiger partial charge in [-0.05, 0) is 35.7 Å². The van der Waals surface area contributed by atoms with Crippen LogP contribution in [0.3, 0.4) is 0 Å². The molecule has 4 nitrogen and oxygen atoms in total. The zero-order chi connectivity index (χ0) is 17.8. The molecule has 0 bridgehead atoms. The number of nitrogens with zero attached hydrogens (tertiary/aromatic N) is 3. The highest BCUT2D eigenvalue weighted by Gasteiger charge is 2.20. The molecular formula is C19H20ClN3OS. The number of aromatic nitrogens is 3. The van der Waals surface area contributed by atoms with Crippen molar-refractivity contribution in [3.63, 3.8) is 0 Å².